The molecule has 19 heavy (non-hydrogen) atoms. The summed E-state index contributed by atoms with van der Waals surface area (Å²) in [5.41, 5.74) is 10.1. The molecule has 1 atom stereocenters. The number of carbonyl (C=O) groups is 1. The third kappa shape index (κ3) is 4.24. The molecule has 4 nitrogen and oxygen atoms in total. The summed E-state index contributed by atoms with van der Waals surface area (Å²) in [6, 6.07) is 7.65. The monoisotopic (exact) mass is 262 g/mol. The Bertz CT molecular complexity index is 411. The summed E-state index contributed by atoms with van der Waals surface area (Å²) in [5.74, 6) is 0.101. The summed E-state index contributed by atoms with van der Waals surface area (Å²) in [6.45, 7) is 2.03. The van der Waals surface area contributed by atoms with Crippen LogP contribution in [0, 0.1) is 0 Å². The largest absolute Gasteiger partial charge is 0.399 e. The van der Waals surface area contributed by atoms with Gasteiger partial charge in [-0.1, -0.05) is 31.9 Å². The number of nitrogen functional groups attached to an aromatic ring is 1. The molecule has 1 saturated carbocycles. The molecule has 104 valence electrons. The molecule has 0 heterocycles. The van der Waals surface area contributed by atoms with Crippen molar-refractivity contribution < 1.29 is 9.63 Å². The van der Waals surface area contributed by atoms with Crippen LogP contribution in [0.1, 0.15) is 50.5 Å². The van der Waals surface area contributed by atoms with Crippen molar-refractivity contribution in [1.82, 2.24) is 5.48 Å². The number of hydroxylamine groups is 1. The molecule has 1 fully saturated rings. The number of carbonyl (C=O) groups excluding carboxylic acids is 1. The van der Waals surface area contributed by atoms with E-state index in [4.69, 9.17) is 10.6 Å². The van der Waals surface area contributed by atoms with E-state index in [1.54, 1.807) is 0 Å². The predicted octanol–water partition coefficient (Wildman–Crippen LogP) is 2.75. The van der Waals surface area contributed by atoms with E-state index in [0.29, 0.717) is 6.42 Å². The molecule has 1 aliphatic rings. The molecule has 1 aromatic carbocycles. The third-order valence-corrected chi connectivity index (χ3v) is 3.64. The van der Waals surface area contributed by atoms with Gasteiger partial charge in [-0.25, -0.2) is 5.48 Å². The van der Waals surface area contributed by atoms with E-state index in [0.717, 1.165) is 24.1 Å². The molecule has 0 aromatic heterocycles. The molecule has 1 unspecified atom stereocenters. The van der Waals surface area contributed by atoms with Crippen molar-refractivity contribution in [2.45, 2.75) is 51.0 Å². The molecule has 0 spiro atoms. The van der Waals surface area contributed by atoms with E-state index in [-0.39, 0.29) is 17.9 Å². The predicted molar refractivity (Wildman–Crippen MR) is 75.4 cm³/mol. The lowest BCUT2D eigenvalue weighted by Crippen LogP contribution is -2.29. The lowest BCUT2D eigenvalue weighted by molar-refractivity contribution is -0.138. The Labute approximate surface area is 114 Å². The van der Waals surface area contributed by atoms with Gasteiger partial charge in [-0.2, -0.15) is 0 Å². The number of anilines is 1. The number of benzene rings is 1. The SMILES string of the molecule is CC(CC(=O)NOC1CCCC1)c1ccc(N)cc1. The fraction of sp³-hybridized carbons (Fsp3) is 0.533. The van der Waals surface area contributed by atoms with Crippen LogP contribution in [0.25, 0.3) is 0 Å². The standard InChI is InChI=1S/C15H22N2O2/c1-11(12-6-8-13(16)9-7-12)10-15(18)17-19-14-4-2-3-5-14/h6-9,11,14H,2-5,10,16H2,1H3,(H,17,18). The molecule has 0 bridgehead atoms. The van der Waals surface area contributed by atoms with E-state index in [1.165, 1.54) is 12.8 Å². The first kappa shape index (κ1) is 13.9. The number of nitrogens with two attached hydrogens (primary N) is 1. The molecule has 0 radical (unpaired) electrons. The molecule has 1 amide bonds. The van der Waals surface area contributed by atoms with Crippen molar-refractivity contribution in [3.05, 3.63) is 29.8 Å². The Morgan fingerprint density at radius 2 is 2.00 bits per heavy atom. The second-order valence-electron chi connectivity index (χ2n) is 5.32. The highest BCUT2D eigenvalue weighted by atomic mass is 16.7. The summed E-state index contributed by atoms with van der Waals surface area (Å²) in [5, 5.41) is 0. The fourth-order valence-corrected chi connectivity index (χ4v) is 2.42. The van der Waals surface area contributed by atoms with Crippen molar-refractivity contribution in [3.8, 4) is 0 Å². The van der Waals surface area contributed by atoms with Crippen LogP contribution < -0.4 is 11.2 Å². The summed E-state index contributed by atoms with van der Waals surface area (Å²) in [6.07, 6.45) is 5.12. The van der Waals surface area contributed by atoms with Crippen LogP contribution in [0.3, 0.4) is 0 Å². The van der Waals surface area contributed by atoms with Crippen LogP contribution in [-0.2, 0) is 9.63 Å². The molecular weight excluding hydrogens is 240 g/mol. The van der Waals surface area contributed by atoms with Gasteiger partial charge in [-0.05, 0) is 36.5 Å². The minimum absolute atomic E-state index is 0.0591. The van der Waals surface area contributed by atoms with E-state index in [9.17, 15) is 4.79 Å². The van der Waals surface area contributed by atoms with E-state index >= 15 is 0 Å². The van der Waals surface area contributed by atoms with Crippen molar-refractivity contribution >= 4 is 11.6 Å². The molecule has 2 rings (SSSR count). The van der Waals surface area contributed by atoms with E-state index in [2.05, 4.69) is 5.48 Å². The number of hydrogen-bond acceptors (Lipinski definition) is 3. The smallest absolute Gasteiger partial charge is 0.244 e. The van der Waals surface area contributed by atoms with E-state index in [1.807, 2.05) is 31.2 Å². The zero-order valence-electron chi connectivity index (χ0n) is 11.4. The summed E-state index contributed by atoms with van der Waals surface area (Å²) in [4.78, 5) is 17.2. The first-order chi connectivity index (χ1) is 9.15. The van der Waals surface area contributed by atoms with Gasteiger partial charge in [0.1, 0.15) is 0 Å². The lowest BCUT2D eigenvalue weighted by Gasteiger charge is -2.14. The maximum Gasteiger partial charge on any atom is 0.244 e. The van der Waals surface area contributed by atoms with Gasteiger partial charge in [0.05, 0.1) is 6.10 Å². The zero-order valence-corrected chi connectivity index (χ0v) is 11.4. The molecule has 1 aromatic rings. The van der Waals surface area contributed by atoms with Gasteiger partial charge < -0.3 is 5.73 Å². The highest BCUT2D eigenvalue weighted by Gasteiger charge is 2.18. The van der Waals surface area contributed by atoms with Crippen LogP contribution in [-0.4, -0.2) is 12.0 Å². The van der Waals surface area contributed by atoms with Gasteiger partial charge in [0.15, 0.2) is 0 Å². The van der Waals surface area contributed by atoms with Crippen LogP contribution in [0.15, 0.2) is 24.3 Å². The van der Waals surface area contributed by atoms with Crippen LogP contribution in [0.2, 0.25) is 0 Å². The summed E-state index contributed by atoms with van der Waals surface area (Å²) < 4.78 is 0. The van der Waals surface area contributed by atoms with Crippen molar-refractivity contribution in [3.63, 3.8) is 0 Å². The first-order valence-corrected chi connectivity index (χ1v) is 6.95. The highest BCUT2D eigenvalue weighted by Crippen LogP contribution is 2.21. The summed E-state index contributed by atoms with van der Waals surface area (Å²) in [7, 11) is 0. The molecule has 3 N–H and O–H groups in total. The molecule has 0 aliphatic heterocycles. The average molecular weight is 262 g/mol. The molecule has 1 aliphatic carbocycles. The Kier molecular flexibility index (Phi) is 4.80. The van der Waals surface area contributed by atoms with Crippen LogP contribution in [0.5, 0.6) is 0 Å². The van der Waals surface area contributed by atoms with Crippen molar-refractivity contribution in [2.75, 3.05) is 5.73 Å². The maximum absolute atomic E-state index is 11.8. The Balaban J connectivity index is 1.76. The molecule has 0 saturated heterocycles. The second-order valence-corrected chi connectivity index (χ2v) is 5.32. The van der Waals surface area contributed by atoms with Crippen molar-refractivity contribution in [1.29, 1.82) is 0 Å². The average Bonchev–Trinajstić information content (AvgIpc) is 2.90. The molecular formula is C15H22N2O2. The Morgan fingerprint density at radius 3 is 2.63 bits per heavy atom. The Hall–Kier alpha value is -1.55. The van der Waals surface area contributed by atoms with Crippen LogP contribution in [0.4, 0.5) is 5.69 Å². The van der Waals surface area contributed by atoms with Gasteiger partial charge in [0.2, 0.25) is 5.91 Å². The quantitative estimate of drug-likeness (QED) is 0.633. The fourth-order valence-electron chi connectivity index (χ4n) is 2.42. The number of hydrogen-bond donors (Lipinski definition) is 2. The normalized spacial score (nSPS) is 17.3. The Morgan fingerprint density at radius 1 is 1.37 bits per heavy atom. The number of rotatable bonds is 5. The topological polar surface area (TPSA) is 64.3 Å². The summed E-state index contributed by atoms with van der Waals surface area (Å²) >= 11 is 0. The van der Waals surface area contributed by atoms with Crippen LogP contribution >= 0.6 is 0 Å². The zero-order chi connectivity index (χ0) is 13.7. The number of amides is 1. The minimum Gasteiger partial charge on any atom is -0.399 e. The van der Waals surface area contributed by atoms with E-state index < -0.39 is 0 Å². The lowest BCUT2D eigenvalue weighted by atomic mass is 9.97. The van der Waals surface area contributed by atoms with Gasteiger partial charge in [0, 0.05) is 12.1 Å². The third-order valence-electron chi connectivity index (χ3n) is 3.64. The van der Waals surface area contributed by atoms with Gasteiger partial charge in [-0.3, -0.25) is 9.63 Å². The highest BCUT2D eigenvalue weighted by molar-refractivity contribution is 5.75. The van der Waals surface area contributed by atoms with Gasteiger partial charge in [0.25, 0.3) is 0 Å². The van der Waals surface area contributed by atoms with Gasteiger partial charge >= 0.3 is 0 Å². The molecule has 4 heteroatoms. The van der Waals surface area contributed by atoms with Crippen molar-refractivity contribution in [2.24, 2.45) is 0 Å². The maximum atomic E-state index is 11.8. The number of nitrogens with one attached hydrogen (secondary N) is 1. The second kappa shape index (κ2) is 6.57. The van der Waals surface area contributed by atoms with Gasteiger partial charge in [-0.15, -0.1) is 0 Å². The first-order valence-electron chi connectivity index (χ1n) is 6.95. The minimum atomic E-state index is -0.0591.